The molecule has 2 rings (SSSR count). The molecule has 0 fully saturated rings. The van der Waals surface area contributed by atoms with Gasteiger partial charge in [-0.25, -0.2) is 0 Å². The summed E-state index contributed by atoms with van der Waals surface area (Å²) in [4.78, 5) is 0. The van der Waals surface area contributed by atoms with E-state index >= 15 is 0 Å². The molecule has 0 aliphatic carbocycles. The van der Waals surface area contributed by atoms with Gasteiger partial charge in [0.1, 0.15) is 11.5 Å². The Hall–Kier alpha value is -2.04. The smallest absolute Gasteiger partial charge is 0.120 e. The Bertz CT molecular complexity index is 613. The van der Waals surface area contributed by atoms with E-state index in [9.17, 15) is 5.11 Å². The second kappa shape index (κ2) is 8.56. The maximum absolute atomic E-state index is 10.3. The Morgan fingerprint density at radius 1 is 1.04 bits per heavy atom. The average molecular weight is 315 g/mol. The summed E-state index contributed by atoms with van der Waals surface area (Å²) >= 11 is 0. The third kappa shape index (κ3) is 5.58. The first-order chi connectivity index (χ1) is 11.1. The second-order valence-corrected chi connectivity index (χ2v) is 5.74. The highest BCUT2D eigenvalue weighted by Crippen LogP contribution is 2.20. The van der Waals surface area contributed by atoms with E-state index in [4.69, 9.17) is 9.47 Å². The monoisotopic (exact) mass is 315 g/mol. The summed E-state index contributed by atoms with van der Waals surface area (Å²) in [7, 11) is 1.66. The lowest BCUT2D eigenvalue weighted by Crippen LogP contribution is -2.21. The van der Waals surface area contributed by atoms with Gasteiger partial charge < -0.3 is 19.9 Å². The molecule has 0 bridgehead atoms. The summed E-state index contributed by atoms with van der Waals surface area (Å²) in [6.07, 6.45) is -0.454. The predicted molar refractivity (Wildman–Crippen MR) is 91.9 cm³/mol. The molecule has 4 heteroatoms. The molecule has 2 N–H and O–H groups in total. The van der Waals surface area contributed by atoms with Gasteiger partial charge in [0, 0.05) is 13.1 Å². The van der Waals surface area contributed by atoms with Gasteiger partial charge in [0.2, 0.25) is 0 Å². The van der Waals surface area contributed by atoms with Crippen molar-refractivity contribution in [1.82, 2.24) is 5.32 Å². The highest BCUT2D eigenvalue weighted by Gasteiger charge is 2.09. The van der Waals surface area contributed by atoms with Gasteiger partial charge in [-0.15, -0.1) is 0 Å². The third-order valence-electron chi connectivity index (χ3n) is 3.42. The topological polar surface area (TPSA) is 50.7 Å². The van der Waals surface area contributed by atoms with E-state index in [1.54, 1.807) is 7.11 Å². The molecule has 23 heavy (non-hydrogen) atoms. The number of aliphatic hydroxyl groups excluding tert-OH is 1. The van der Waals surface area contributed by atoms with Gasteiger partial charge in [-0.3, -0.25) is 0 Å². The van der Waals surface area contributed by atoms with Crippen molar-refractivity contribution in [2.24, 2.45) is 0 Å². The van der Waals surface area contributed by atoms with Crippen molar-refractivity contribution in [2.75, 3.05) is 13.7 Å². The summed E-state index contributed by atoms with van der Waals surface area (Å²) in [6.45, 7) is 5.12. The zero-order valence-corrected chi connectivity index (χ0v) is 14.0. The van der Waals surface area contributed by atoms with Gasteiger partial charge in [-0.05, 0) is 49.2 Å². The number of methoxy groups -OCH3 is 1. The Morgan fingerprint density at radius 2 is 1.78 bits per heavy atom. The van der Waals surface area contributed by atoms with Crippen LogP contribution in [0, 0.1) is 0 Å². The van der Waals surface area contributed by atoms with Crippen LogP contribution in [0.1, 0.15) is 31.1 Å². The van der Waals surface area contributed by atoms with Crippen LogP contribution in [0.2, 0.25) is 0 Å². The fourth-order valence-corrected chi connectivity index (χ4v) is 2.32. The van der Waals surface area contributed by atoms with Crippen LogP contribution < -0.4 is 14.8 Å². The number of ether oxygens (including phenoxy) is 2. The molecular formula is C19H25NO3. The van der Waals surface area contributed by atoms with Crippen LogP contribution in [0.5, 0.6) is 11.5 Å². The lowest BCUT2D eigenvalue weighted by molar-refractivity contribution is 0.173. The van der Waals surface area contributed by atoms with E-state index in [-0.39, 0.29) is 6.10 Å². The fraction of sp³-hybridized carbons (Fsp3) is 0.368. The average Bonchev–Trinajstić information content (AvgIpc) is 2.54. The van der Waals surface area contributed by atoms with Gasteiger partial charge in [0.15, 0.2) is 0 Å². The van der Waals surface area contributed by atoms with Crippen LogP contribution >= 0.6 is 0 Å². The molecule has 0 radical (unpaired) electrons. The molecule has 0 heterocycles. The Kier molecular flexibility index (Phi) is 6.44. The highest BCUT2D eigenvalue weighted by atomic mass is 16.5. The molecule has 4 nitrogen and oxygen atoms in total. The van der Waals surface area contributed by atoms with Crippen molar-refractivity contribution in [1.29, 1.82) is 0 Å². The van der Waals surface area contributed by atoms with E-state index < -0.39 is 6.10 Å². The molecule has 124 valence electrons. The Morgan fingerprint density at radius 3 is 2.52 bits per heavy atom. The first kappa shape index (κ1) is 17.3. The summed E-state index contributed by atoms with van der Waals surface area (Å²) in [6, 6.07) is 15.5. The minimum Gasteiger partial charge on any atom is -0.497 e. The van der Waals surface area contributed by atoms with Crippen molar-refractivity contribution < 1.29 is 14.6 Å². The first-order valence-corrected chi connectivity index (χ1v) is 7.87. The number of aliphatic hydroxyl groups is 1. The minimum atomic E-state index is -0.573. The van der Waals surface area contributed by atoms with Crippen LogP contribution in [0.3, 0.4) is 0 Å². The number of benzene rings is 2. The van der Waals surface area contributed by atoms with Gasteiger partial charge in [-0.1, -0.05) is 24.3 Å². The molecule has 0 aliphatic heterocycles. The normalized spacial score (nSPS) is 12.2. The largest absolute Gasteiger partial charge is 0.497 e. The van der Waals surface area contributed by atoms with E-state index in [0.29, 0.717) is 13.1 Å². The summed E-state index contributed by atoms with van der Waals surface area (Å²) in [5.74, 6) is 1.62. The molecule has 1 unspecified atom stereocenters. The van der Waals surface area contributed by atoms with E-state index in [0.717, 1.165) is 22.6 Å². The molecule has 0 saturated heterocycles. The summed E-state index contributed by atoms with van der Waals surface area (Å²) in [5.41, 5.74) is 1.97. The van der Waals surface area contributed by atoms with Crippen LogP contribution in [-0.2, 0) is 6.54 Å². The van der Waals surface area contributed by atoms with E-state index in [2.05, 4.69) is 5.32 Å². The maximum atomic E-state index is 10.3. The van der Waals surface area contributed by atoms with E-state index in [1.165, 1.54) is 0 Å². The molecule has 0 aliphatic rings. The number of hydrogen-bond acceptors (Lipinski definition) is 4. The Balaban J connectivity index is 1.88. The summed E-state index contributed by atoms with van der Waals surface area (Å²) in [5, 5.41) is 13.6. The molecule has 0 amide bonds. The molecular weight excluding hydrogens is 290 g/mol. The quantitative estimate of drug-likeness (QED) is 0.785. The van der Waals surface area contributed by atoms with Gasteiger partial charge in [0.05, 0.1) is 19.3 Å². The standard InChI is InChI=1S/C19H25NO3/c1-14(2)23-18-9-5-7-16(11-18)19(21)13-20-12-15-6-4-8-17(10-15)22-3/h4-11,14,19-21H,12-13H2,1-3H3. The molecule has 2 aromatic rings. The SMILES string of the molecule is COc1cccc(CNCC(O)c2cccc(OC(C)C)c2)c1. The van der Waals surface area contributed by atoms with Crippen LogP contribution in [-0.4, -0.2) is 24.9 Å². The van der Waals surface area contributed by atoms with Crippen LogP contribution in [0.4, 0.5) is 0 Å². The number of nitrogens with one attached hydrogen (secondary N) is 1. The second-order valence-electron chi connectivity index (χ2n) is 5.74. The van der Waals surface area contributed by atoms with Crippen molar-refractivity contribution in [2.45, 2.75) is 32.6 Å². The fourth-order valence-electron chi connectivity index (χ4n) is 2.32. The third-order valence-corrected chi connectivity index (χ3v) is 3.42. The molecule has 0 saturated carbocycles. The van der Waals surface area contributed by atoms with Gasteiger partial charge in [-0.2, -0.15) is 0 Å². The van der Waals surface area contributed by atoms with Crippen LogP contribution in [0.15, 0.2) is 48.5 Å². The Labute approximate surface area is 138 Å². The number of rotatable bonds is 8. The van der Waals surface area contributed by atoms with Crippen LogP contribution in [0.25, 0.3) is 0 Å². The van der Waals surface area contributed by atoms with Crippen molar-refractivity contribution in [3.63, 3.8) is 0 Å². The van der Waals surface area contributed by atoms with E-state index in [1.807, 2.05) is 62.4 Å². The first-order valence-electron chi connectivity index (χ1n) is 7.87. The van der Waals surface area contributed by atoms with Crippen molar-refractivity contribution in [3.8, 4) is 11.5 Å². The lowest BCUT2D eigenvalue weighted by atomic mass is 10.1. The van der Waals surface area contributed by atoms with Crippen molar-refractivity contribution >= 4 is 0 Å². The zero-order chi connectivity index (χ0) is 16.7. The highest BCUT2D eigenvalue weighted by molar-refractivity contribution is 5.30. The van der Waals surface area contributed by atoms with Crippen molar-refractivity contribution in [3.05, 3.63) is 59.7 Å². The van der Waals surface area contributed by atoms with Gasteiger partial charge in [0.25, 0.3) is 0 Å². The maximum Gasteiger partial charge on any atom is 0.120 e. The number of hydrogen-bond donors (Lipinski definition) is 2. The summed E-state index contributed by atoms with van der Waals surface area (Å²) < 4.78 is 10.9. The predicted octanol–water partition coefficient (Wildman–Crippen LogP) is 3.31. The molecule has 0 aromatic heterocycles. The van der Waals surface area contributed by atoms with Gasteiger partial charge >= 0.3 is 0 Å². The lowest BCUT2D eigenvalue weighted by Gasteiger charge is -2.15. The molecule has 2 aromatic carbocycles. The minimum absolute atomic E-state index is 0.119. The zero-order valence-electron chi connectivity index (χ0n) is 14.0. The molecule has 1 atom stereocenters. The molecule has 0 spiro atoms.